The molecule has 1 N–H and O–H groups in total. The summed E-state index contributed by atoms with van der Waals surface area (Å²) in [4.78, 5) is 2.25. The Morgan fingerprint density at radius 3 is 1.62 bits per heavy atom. The van der Waals surface area contributed by atoms with Crippen LogP contribution in [0.3, 0.4) is 0 Å². The molecule has 1 aromatic heterocycles. The lowest BCUT2D eigenvalue weighted by atomic mass is 10.0. The highest BCUT2D eigenvalue weighted by molar-refractivity contribution is 6.00. The van der Waals surface area contributed by atoms with Gasteiger partial charge in [-0.3, -0.25) is 0 Å². The summed E-state index contributed by atoms with van der Waals surface area (Å²) in [6, 6.07) is 48.0. The van der Waals surface area contributed by atoms with Crippen molar-refractivity contribution < 1.29 is 0 Å². The van der Waals surface area contributed by atoms with Crippen molar-refractivity contribution in [3.8, 4) is 11.3 Å². The van der Waals surface area contributed by atoms with Gasteiger partial charge in [0.1, 0.15) is 5.69 Å². The van der Waals surface area contributed by atoms with E-state index in [9.17, 15) is 0 Å². The van der Waals surface area contributed by atoms with E-state index in [1.54, 1.807) is 0 Å². The average molecular weight is 479 g/mol. The van der Waals surface area contributed by atoms with Crippen molar-refractivity contribution in [2.24, 2.45) is 0 Å². The van der Waals surface area contributed by atoms with E-state index in [0.29, 0.717) is 6.54 Å². The zero-order valence-corrected chi connectivity index (χ0v) is 20.3. The van der Waals surface area contributed by atoms with E-state index in [1.165, 1.54) is 5.56 Å². The van der Waals surface area contributed by atoms with E-state index in [2.05, 4.69) is 124 Å². The maximum Gasteiger partial charge on any atom is 0.156 e. The molecule has 0 aliphatic heterocycles. The third-order valence-corrected chi connectivity index (χ3v) is 6.42. The van der Waals surface area contributed by atoms with Crippen LogP contribution in [0.15, 0.2) is 140 Å². The quantitative estimate of drug-likeness (QED) is 0.250. The Labute approximate surface area is 216 Å². The van der Waals surface area contributed by atoms with Gasteiger partial charge in [-0.25, -0.2) is 0 Å². The SMILES string of the molecule is c1ccc(CNc2nnc(-c3ccc(N(c4ccccc4)c4ccccc4)cc3)c3ccccc23)cc1. The monoisotopic (exact) mass is 478 g/mol. The van der Waals surface area contributed by atoms with Gasteiger partial charge in [0.05, 0.1) is 0 Å². The molecule has 0 spiro atoms. The predicted molar refractivity (Wildman–Crippen MR) is 153 cm³/mol. The number of aromatic nitrogens is 2. The van der Waals surface area contributed by atoms with Crippen molar-refractivity contribution in [1.82, 2.24) is 10.2 Å². The maximum absolute atomic E-state index is 4.65. The summed E-state index contributed by atoms with van der Waals surface area (Å²) in [6.45, 7) is 0.697. The van der Waals surface area contributed by atoms with Crippen LogP contribution in [0.2, 0.25) is 0 Å². The van der Waals surface area contributed by atoms with Crippen LogP contribution in [0.4, 0.5) is 22.9 Å². The molecule has 0 aliphatic carbocycles. The Hall–Kier alpha value is -4.96. The second-order valence-electron chi connectivity index (χ2n) is 8.84. The number of hydrogen-bond acceptors (Lipinski definition) is 4. The molecule has 0 unspecified atom stereocenters. The van der Waals surface area contributed by atoms with Gasteiger partial charge in [-0.2, -0.15) is 0 Å². The molecular formula is C33H26N4. The first kappa shape index (κ1) is 22.5. The summed E-state index contributed by atoms with van der Waals surface area (Å²) < 4.78 is 0. The molecular weight excluding hydrogens is 452 g/mol. The Balaban J connectivity index is 1.34. The largest absolute Gasteiger partial charge is 0.364 e. The fraction of sp³-hybridized carbons (Fsp3) is 0.0303. The van der Waals surface area contributed by atoms with Gasteiger partial charge in [0.15, 0.2) is 5.82 Å². The van der Waals surface area contributed by atoms with Gasteiger partial charge in [0, 0.05) is 39.9 Å². The first-order chi connectivity index (χ1) is 18.4. The van der Waals surface area contributed by atoms with Gasteiger partial charge in [-0.15, -0.1) is 10.2 Å². The normalized spacial score (nSPS) is 10.8. The molecule has 6 rings (SSSR count). The molecule has 0 saturated carbocycles. The fourth-order valence-corrected chi connectivity index (χ4v) is 4.60. The fourth-order valence-electron chi connectivity index (χ4n) is 4.60. The zero-order valence-electron chi connectivity index (χ0n) is 20.3. The third kappa shape index (κ3) is 4.78. The van der Waals surface area contributed by atoms with Crippen LogP contribution in [-0.2, 0) is 6.54 Å². The van der Waals surface area contributed by atoms with E-state index >= 15 is 0 Å². The highest BCUT2D eigenvalue weighted by atomic mass is 15.2. The average Bonchev–Trinajstić information content (AvgIpc) is 2.98. The number of benzene rings is 5. The van der Waals surface area contributed by atoms with Crippen LogP contribution in [0.1, 0.15) is 5.56 Å². The molecule has 1 heterocycles. The van der Waals surface area contributed by atoms with Crippen molar-refractivity contribution in [3.63, 3.8) is 0 Å². The van der Waals surface area contributed by atoms with Crippen molar-refractivity contribution >= 4 is 33.7 Å². The summed E-state index contributed by atoms with van der Waals surface area (Å²) in [5, 5.41) is 14.8. The van der Waals surface area contributed by atoms with E-state index in [0.717, 1.165) is 44.9 Å². The Kier molecular flexibility index (Phi) is 6.29. The van der Waals surface area contributed by atoms with Gasteiger partial charge in [0.2, 0.25) is 0 Å². The van der Waals surface area contributed by atoms with Gasteiger partial charge in [-0.05, 0) is 42.0 Å². The Morgan fingerprint density at radius 1 is 0.486 bits per heavy atom. The van der Waals surface area contributed by atoms with E-state index in [4.69, 9.17) is 0 Å². The Morgan fingerprint density at radius 2 is 1.00 bits per heavy atom. The highest BCUT2D eigenvalue weighted by Gasteiger charge is 2.14. The number of fused-ring (bicyclic) bond motifs is 1. The summed E-state index contributed by atoms with van der Waals surface area (Å²) in [6.07, 6.45) is 0. The van der Waals surface area contributed by atoms with Crippen molar-refractivity contribution in [2.45, 2.75) is 6.54 Å². The number of para-hydroxylation sites is 2. The molecule has 0 bridgehead atoms. The molecule has 0 radical (unpaired) electrons. The summed E-state index contributed by atoms with van der Waals surface area (Å²) >= 11 is 0. The topological polar surface area (TPSA) is 41.1 Å². The van der Waals surface area contributed by atoms with Crippen LogP contribution in [0.5, 0.6) is 0 Å². The summed E-state index contributed by atoms with van der Waals surface area (Å²) in [5.74, 6) is 0.791. The smallest absolute Gasteiger partial charge is 0.156 e. The van der Waals surface area contributed by atoms with Crippen LogP contribution in [-0.4, -0.2) is 10.2 Å². The van der Waals surface area contributed by atoms with Gasteiger partial charge in [-0.1, -0.05) is 103 Å². The molecule has 0 saturated heterocycles. The molecule has 0 atom stereocenters. The van der Waals surface area contributed by atoms with E-state index < -0.39 is 0 Å². The summed E-state index contributed by atoms with van der Waals surface area (Å²) in [5.41, 5.74) is 6.41. The first-order valence-corrected chi connectivity index (χ1v) is 12.4. The van der Waals surface area contributed by atoms with Crippen LogP contribution in [0, 0.1) is 0 Å². The van der Waals surface area contributed by atoms with E-state index in [1.807, 2.05) is 36.4 Å². The molecule has 0 aliphatic rings. The molecule has 37 heavy (non-hydrogen) atoms. The van der Waals surface area contributed by atoms with Crippen LogP contribution < -0.4 is 10.2 Å². The van der Waals surface area contributed by atoms with Gasteiger partial charge in [0.25, 0.3) is 0 Å². The molecule has 4 nitrogen and oxygen atoms in total. The molecule has 6 aromatic rings. The Bertz CT molecular complexity index is 1560. The minimum absolute atomic E-state index is 0.697. The lowest BCUT2D eigenvalue weighted by Gasteiger charge is -2.25. The van der Waals surface area contributed by atoms with Crippen LogP contribution in [0.25, 0.3) is 22.0 Å². The lowest BCUT2D eigenvalue weighted by Crippen LogP contribution is -2.09. The van der Waals surface area contributed by atoms with Gasteiger partial charge >= 0.3 is 0 Å². The minimum atomic E-state index is 0.697. The standard InChI is InChI=1S/C33H26N4/c1-4-12-25(13-5-1)24-34-33-31-19-11-10-18-30(31)32(35-36-33)26-20-22-29(23-21-26)37(27-14-6-2-7-15-27)28-16-8-3-9-17-28/h1-23H,24H2,(H,34,36). The molecule has 178 valence electrons. The number of hydrogen-bond donors (Lipinski definition) is 1. The molecule has 0 amide bonds. The molecule has 5 aromatic carbocycles. The zero-order chi connectivity index (χ0) is 24.9. The third-order valence-electron chi connectivity index (χ3n) is 6.42. The molecule has 0 fully saturated rings. The minimum Gasteiger partial charge on any atom is -0.364 e. The lowest BCUT2D eigenvalue weighted by molar-refractivity contribution is 1.02. The van der Waals surface area contributed by atoms with Crippen molar-refractivity contribution in [3.05, 3.63) is 145 Å². The number of nitrogens with one attached hydrogen (secondary N) is 1. The summed E-state index contributed by atoms with van der Waals surface area (Å²) in [7, 11) is 0. The second kappa shape index (κ2) is 10.3. The predicted octanol–water partition coefficient (Wildman–Crippen LogP) is 8.38. The maximum atomic E-state index is 4.65. The molecule has 4 heteroatoms. The van der Waals surface area contributed by atoms with Crippen LogP contribution >= 0.6 is 0 Å². The second-order valence-corrected chi connectivity index (χ2v) is 8.84. The first-order valence-electron chi connectivity index (χ1n) is 12.4. The number of nitrogens with zero attached hydrogens (tertiary/aromatic N) is 3. The van der Waals surface area contributed by atoms with Gasteiger partial charge < -0.3 is 10.2 Å². The highest BCUT2D eigenvalue weighted by Crippen LogP contribution is 2.36. The number of anilines is 4. The van der Waals surface area contributed by atoms with Crippen molar-refractivity contribution in [1.29, 1.82) is 0 Å². The van der Waals surface area contributed by atoms with E-state index in [-0.39, 0.29) is 0 Å². The van der Waals surface area contributed by atoms with Crippen molar-refractivity contribution in [2.75, 3.05) is 10.2 Å². The number of rotatable bonds is 7.